The molecule has 1 aromatic carbocycles. The lowest BCUT2D eigenvalue weighted by atomic mass is 9.79. The number of rotatable bonds is 4. The number of piperazine rings is 1. The van der Waals surface area contributed by atoms with Gasteiger partial charge in [-0.2, -0.15) is 0 Å². The SMILES string of the molecule is CC(C)(CO)[C@@H](c1ccc2c(c1)OCCO2)N1CCNCC1. The summed E-state index contributed by atoms with van der Waals surface area (Å²) < 4.78 is 11.3. The summed E-state index contributed by atoms with van der Waals surface area (Å²) in [6.07, 6.45) is 0. The molecule has 2 aliphatic heterocycles. The van der Waals surface area contributed by atoms with E-state index >= 15 is 0 Å². The quantitative estimate of drug-likeness (QED) is 0.881. The number of nitrogens with zero attached hydrogens (tertiary/aromatic N) is 1. The molecule has 0 spiro atoms. The van der Waals surface area contributed by atoms with Crippen LogP contribution in [0, 0.1) is 5.41 Å². The summed E-state index contributed by atoms with van der Waals surface area (Å²) in [4.78, 5) is 2.46. The molecule has 3 rings (SSSR count). The molecule has 5 heteroatoms. The zero-order valence-electron chi connectivity index (χ0n) is 13.5. The van der Waals surface area contributed by atoms with Crippen LogP contribution in [0.25, 0.3) is 0 Å². The fourth-order valence-electron chi connectivity index (χ4n) is 3.41. The smallest absolute Gasteiger partial charge is 0.161 e. The van der Waals surface area contributed by atoms with Crippen molar-refractivity contribution in [3.05, 3.63) is 23.8 Å². The first-order valence-electron chi connectivity index (χ1n) is 8.07. The van der Waals surface area contributed by atoms with Crippen LogP contribution >= 0.6 is 0 Å². The van der Waals surface area contributed by atoms with Crippen LogP contribution in [0.3, 0.4) is 0 Å². The molecular formula is C17H26N2O3. The molecule has 0 saturated carbocycles. The topological polar surface area (TPSA) is 54.0 Å². The molecule has 1 saturated heterocycles. The summed E-state index contributed by atoms with van der Waals surface area (Å²) in [5.41, 5.74) is 0.964. The third kappa shape index (κ3) is 3.07. The first-order chi connectivity index (χ1) is 10.6. The highest BCUT2D eigenvalue weighted by atomic mass is 16.6. The van der Waals surface area contributed by atoms with Crippen molar-refractivity contribution in [3.8, 4) is 11.5 Å². The lowest BCUT2D eigenvalue weighted by Gasteiger charge is -2.43. The third-order valence-electron chi connectivity index (χ3n) is 4.55. The van der Waals surface area contributed by atoms with Gasteiger partial charge in [0.05, 0.1) is 0 Å². The van der Waals surface area contributed by atoms with Gasteiger partial charge in [0, 0.05) is 44.2 Å². The molecule has 0 radical (unpaired) electrons. The number of hydrogen-bond donors (Lipinski definition) is 2. The van der Waals surface area contributed by atoms with Crippen LogP contribution in [0.2, 0.25) is 0 Å². The second-order valence-electron chi connectivity index (χ2n) is 6.74. The molecule has 5 nitrogen and oxygen atoms in total. The minimum Gasteiger partial charge on any atom is -0.486 e. The Morgan fingerprint density at radius 1 is 1.18 bits per heavy atom. The molecule has 0 aromatic heterocycles. The van der Waals surface area contributed by atoms with E-state index in [0.717, 1.165) is 37.7 Å². The van der Waals surface area contributed by atoms with Crippen molar-refractivity contribution in [1.82, 2.24) is 10.2 Å². The first-order valence-corrected chi connectivity index (χ1v) is 8.07. The van der Waals surface area contributed by atoms with Crippen molar-refractivity contribution in [2.24, 2.45) is 5.41 Å². The largest absolute Gasteiger partial charge is 0.486 e. The predicted octanol–water partition coefficient (Wildman–Crippen LogP) is 1.42. The maximum Gasteiger partial charge on any atom is 0.161 e. The molecule has 1 aromatic rings. The van der Waals surface area contributed by atoms with Gasteiger partial charge in [-0.15, -0.1) is 0 Å². The van der Waals surface area contributed by atoms with Crippen LogP contribution in [0.15, 0.2) is 18.2 Å². The Kier molecular flexibility index (Phi) is 4.57. The maximum atomic E-state index is 9.90. The number of hydrogen-bond acceptors (Lipinski definition) is 5. The highest BCUT2D eigenvalue weighted by molar-refractivity contribution is 5.45. The zero-order chi connectivity index (χ0) is 15.6. The summed E-state index contributed by atoms with van der Waals surface area (Å²) in [7, 11) is 0. The van der Waals surface area contributed by atoms with Crippen LogP contribution in [-0.4, -0.2) is 56.0 Å². The van der Waals surface area contributed by atoms with Gasteiger partial charge in [-0.3, -0.25) is 4.90 Å². The molecule has 1 fully saturated rings. The first kappa shape index (κ1) is 15.6. The molecular weight excluding hydrogens is 280 g/mol. The van der Waals surface area contributed by atoms with Crippen LogP contribution in [0.1, 0.15) is 25.5 Å². The standard InChI is InChI=1S/C17H26N2O3/c1-17(2,12-20)16(19-7-5-18-6-8-19)13-3-4-14-15(11-13)22-10-9-21-14/h3-4,11,16,18,20H,5-10,12H2,1-2H3/t16-/m1/s1. The van der Waals surface area contributed by atoms with Gasteiger partial charge in [0.1, 0.15) is 13.2 Å². The van der Waals surface area contributed by atoms with Crippen LogP contribution < -0.4 is 14.8 Å². The van der Waals surface area contributed by atoms with E-state index in [1.807, 2.05) is 6.07 Å². The van der Waals surface area contributed by atoms with E-state index in [1.54, 1.807) is 0 Å². The maximum absolute atomic E-state index is 9.90. The Balaban J connectivity index is 1.94. The Bertz CT molecular complexity index is 513. The number of nitrogens with one attached hydrogen (secondary N) is 1. The summed E-state index contributed by atoms with van der Waals surface area (Å²) >= 11 is 0. The van der Waals surface area contributed by atoms with Crippen molar-refractivity contribution < 1.29 is 14.6 Å². The fourth-order valence-corrected chi connectivity index (χ4v) is 3.41. The van der Waals surface area contributed by atoms with Gasteiger partial charge < -0.3 is 19.9 Å². The predicted molar refractivity (Wildman–Crippen MR) is 85.5 cm³/mol. The molecule has 2 aliphatic rings. The molecule has 1 atom stereocenters. The highest BCUT2D eigenvalue weighted by Gasteiger charge is 2.36. The molecule has 0 bridgehead atoms. The van der Waals surface area contributed by atoms with Gasteiger partial charge in [-0.25, -0.2) is 0 Å². The van der Waals surface area contributed by atoms with E-state index in [4.69, 9.17) is 9.47 Å². The summed E-state index contributed by atoms with van der Waals surface area (Å²) in [6.45, 7) is 9.55. The zero-order valence-corrected chi connectivity index (χ0v) is 13.5. The van der Waals surface area contributed by atoms with Gasteiger partial charge in [-0.05, 0) is 17.7 Å². The summed E-state index contributed by atoms with van der Waals surface area (Å²) in [5.74, 6) is 1.63. The van der Waals surface area contributed by atoms with Gasteiger partial charge >= 0.3 is 0 Å². The van der Waals surface area contributed by atoms with E-state index in [9.17, 15) is 5.11 Å². The summed E-state index contributed by atoms with van der Waals surface area (Å²) in [6, 6.07) is 6.35. The van der Waals surface area contributed by atoms with E-state index in [2.05, 4.69) is 36.2 Å². The minimum absolute atomic E-state index is 0.149. The van der Waals surface area contributed by atoms with Crippen LogP contribution in [-0.2, 0) is 0 Å². The lowest BCUT2D eigenvalue weighted by molar-refractivity contribution is 0.0302. The average molecular weight is 306 g/mol. The third-order valence-corrected chi connectivity index (χ3v) is 4.55. The second kappa shape index (κ2) is 6.44. The molecule has 122 valence electrons. The van der Waals surface area contributed by atoms with E-state index in [1.165, 1.54) is 5.56 Å². The molecule has 0 aliphatic carbocycles. The monoisotopic (exact) mass is 306 g/mol. The second-order valence-corrected chi connectivity index (χ2v) is 6.74. The molecule has 2 heterocycles. The number of ether oxygens (including phenoxy) is 2. The normalized spacial score (nSPS) is 20.7. The fraction of sp³-hybridized carbons (Fsp3) is 0.647. The van der Waals surface area contributed by atoms with Gasteiger partial charge in [0.2, 0.25) is 0 Å². The Morgan fingerprint density at radius 2 is 1.86 bits per heavy atom. The van der Waals surface area contributed by atoms with Crippen molar-refractivity contribution in [2.75, 3.05) is 46.0 Å². The number of benzene rings is 1. The van der Waals surface area contributed by atoms with Gasteiger partial charge in [0.15, 0.2) is 11.5 Å². The molecule has 0 amide bonds. The van der Waals surface area contributed by atoms with E-state index in [0.29, 0.717) is 13.2 Å². The van der Waals surface area contributed by atoms with Crippen LogP contribution in [0.5, 0.6) is 11.5 Å². The van der Waals surface area contributed by atoms with Crippen molar-refractivity contribution in [1.29, 1.82) is 0 Å². The van der Waals surface area contributed by atoms with E-state index < -0.39 is 0 Å². The lowest BCUT2D eigenvalue weighted by Crippen LogP contribution is -2.49. The van der Waals surface area contributed by atoms with Gasteiger partial charge in [0.25, 0.3) is 0 Å². The van der Waals surface area contributed by atoms with Crippen molar-refractivity contribution >= 4 is 0 Å². The molecule has 0 unspecified atom stereocenters. The van der Waals surface area contributed by atoms with Crippen molar-refractivity contribution in [3.63, 3.8) is 0 Å². The number of aliphatic hydroxyl groups is 1. The van der Waals surface area contributed by atoms with Crippen LogP contribution in [0.4, 0.5) is 0 Å². The molecule has 2 N–H and O–H groups in total. The Morgan fingerprint density at radius 3 is 2.55 bits per heavy atom. The molecule has 22 heavy (non-hydrogen) atoms. The summed E-state index contributed by atoms with van der Waals surface area (Å²) in [5, 5.41) is 13.3. The van der Waals surface area contributed by atoms with Crippen molar-refractivity contribution in [2.45, 2.75) is 19.9 Å². The van der Waals surface area contributed by atoms with Gasteiger partial charge in [-0.1, -0.05) is 19.9 Å². The number of fused-ring (bicyclic) bond motifs is 1. The Hall–Kier alpha value is -1.30. The highest BCUT2D eigenvalue weighted by Crippen LogP contribution is 2.41. The average Bonchev–Trinajstić information content (AvgIpc) is 2.56. The Labute approximate surface area is 132 Å². The number of aliphatic hydroxyl groups excluding tert-OH is 1. The minimum atomic E-state index is -0.221. The van der Waals surface area contributed by atoms with E-state index in [-0.39, 0.29) is 18.1 Å².